The predicted octanol–water partition coefficient (Wildman–Crippen LogP) is 2.75. The Kier molecular flexibility index (Phi) is 4.43. The summed E-state index contributed by atoms with van der Waals surface area (Å²) in [6, 6.07) is 0. The zero-order valence-electron chi connectivity index (χ0n) is 8.09. The molecule has 1 nitrogen and oxygen atoms in total. The van der Waals surface area contributed by atoms with Gasteiger partial charge in [0.1, 0.15) is 0 Å². The highest BCUT2D eigenvalue weighted by Crippen LogP contribution is 2.16. The van der Waals surface area contributed by atoms with Gasteiger partial charge in [0.2, 0.25) is 0 Å². The Labute approximate surface area is 70.1 Å². The van der Waals surface area contributed by atoms with Gasteiger partial charge in [-0.3, -0.25) is 0 Å². The van der Waals surface area contributed by atoms with E-state index in [1.807, 2.05) is 20.8 Å². The fourth-order valence-electron chi connectivity index (χ4n) is 0.702. The topological polar surface area (TPSA) is 20.2 Å². The molecule has 0 rings (SSSR count). The fourth-order valence-corrected chi connectivity index (χ4v) is 0.702. The van der Waals surface area contributed by atoms with Crippen molar-refractivity contribution in [1.82, 2.24) is 0 Å². The Balaban J connectivity index is 3.77. The first-order valence-corrected chi connectivity index (χ1v) is 4.37. The lowest BCUT2D eigenvalue weighted by Gasteiger charge is -2.22. The van der Waals surface area contributed by atoms with Crippen LogP contribution < -0.4 is 0 Å². The zero-order valence-corrected chi connectivity index (χ0v) is 8.09. The number of rotatable bonds is 4. The molecule has 66 valence electrons. The summed E-state index contributed by atoms with van der Waals surface area (Å²) >= 11 is 0. The van der Waals surface area contributed by atoms with E-state index in [9.17, 15) is 5.11 Å². The second-order valence-electron chi connectivity index (χ2n) is 3.66. The van der Waals surface area contributed by atoms with Crippen LogP contribution in [0.4, 0.5) is 0 Å². The van der Waals surface area contributed by atoms with E-state index in [-0.39, 0.29) is 5.92 Å². The van der Waals surface area contributed by atoms with E-state index in [4.69, 9.17) is 0 Å². The molecule has 0 amide bonds. The van der Waals surface area contributed by atoms with Crippen molar-refractivity contribution in [1.29, 1.82) is 0 Å². The second-order valence-corrected chi connectivity index (χ2v) is 3.66. The molecule has 0 aromatic heterocycles. The van der Waals surface area contributed by atoms with Crippen LogP contribution in [0.1, 0.15) is 40.5 Å². The van der Waals surface area contributed by atoms with Gasteiger partial charge < -0.3 is 5.11 Å². The van der Waals surface area contributed by atoms with E-state index < -0.39 is 5.60 Å². The van der Waals surface area contributed by atoms with Gasteiger partial charge in [-0.15, -0.1) is 0 Å². The van der Waals surface area contributed by atoms with Gasteiger partial charge >= 0.3 is 0 Å². The van der Waals surface area contributed by atoms with E-state index in [2.05, 4.69) is 19.1 Å². The maximum atomic E-state index is 9.53. The number of allylic oxidation sites excluding steroid dienone is 1. The van der Waals surface area contributed by atoms with Crippen molar-refractivity contribution in [2.24, 2.45) is 5.92 Å². The molecule has 0 aliphatic heterocycles. The first-order valence-electron chi connectivity index (χ1n) is 4.37. The zero-order chi connectivity index (χ0) is 8.91. The van der Waals surface area contributed by atoms with Gasteiger partial charge in [0.25, 0.3) is 0 Å². The molecule has 1 N–H and O–H groups in total. The maximum absolute atomic E-state index is 9.53. The molecule has 0 fully saturated rings. The quantitative estimate of drug-likeness (QED) is 0.620. The molecule has 0 spiro atoms. The molecular weight excluding hydrogens is 136 g/mol. The van der Waals surface area contributed by atoms with Gasteiger partial charge in [-0.2, -0.15) is 0 Å². The van der Waals surface area contributed by atoms with Gasteiger partial charge in [-0.1, -0.05) is 32.4 Å². The van der Waals surface area contributed by atoms with Crippen molar-refractivity contribution >= 4 is 0 Å². The molecule has 1 heteroatoms. The van der Waals surface area contributed by atoms with Gasteiger partial charge in [-0.05, 0) is 20.3 Å². The Morgan fingerprint density at radius 3 is 2.36 bits per heavy atom. The molecule has 0 bridgehead atoms. The third-order valence-corrected chi connectivity index (χ3v) is 1.99. The van der Waals surface area contributed by atoms with E-state index in [0.717, 1.165) is 6.42 Å². The normalized spacial score (nSPS) is 15.7. The molecule has 11 heavy (non-hydrogen) atoms. The molecule has 0 aromatic carbocycles. The fraction of sp³-hybridized carbons (Fsp3) is 0.800. The Bertz CT molecular complexity index is 119. The number of aliphatic hydroxyl groups is 1. The minimum absolute atomic E-state index is 0.244. The van der Waals surface area contributed by atoms with Crippen molar-refractivity contribution in [3.8, 4) is 0 Å². The lowest BCUT2D eigenvalue weighted by molar-refractivity contribution is 0.0440. The highest BCUT2D eigenvalue weighted by atomic mass is 16.3. The Morgan fingerprint density at radius 1 is 1.45 bits per heavy atom. The van der Waals surface area contributed by atoms with Crippen molar-refractivity contribution in [3.05, 3.63) is 12.2 Å². The van der Waals surface area contributed by atoms with E-state index in [1.165, 1.54) is 6.42 Å². The molecule has 1 unspecified atom stereocenters. The Hall–Kier alpha value is -0.300. The second kappa shape index (κ2) is 4.55. The summed E-state index contributed by atoms with van der Waals surface area (Å²) < 4.78 is 0. The highest BCUT2D eigenvalue weighted by Gasteiger charge is 2.18. The summed E-state index contributed by atoms with van der Waals surface area (Å²) in [6.07, 6.45) is 6.52. The van der Waals surface area contributed by atoms with Crippen LogP contribution in [-0.2, 0) is 0 Å². The van der Waals surface area contributed by atoms with E-state index in [1.54, 1.807) is 0 Å². The van der Waals surface area contributed by atoms with Crippen LogP contribution in [0.5, 0.6) is 0 Å². The summed E-state index contributed by atoms with van der Waals surface area (Å²) in [6.45, 7) is 7.87. The highest BCUT2D eigenvalue weighted by molar-refractivity contribution is 4.93. The molecule has 0 saturated carbocycles. The largest absolute Gasteiger partial charge is 0.390 e. The molecule has 0 heterocycles. The molecular formula is C10H20O. The molecule has 0 saturated heterocycles. The van der Waals surface area contributed by atoms with Crippen molar-refractivity contribution in [3.63, 3.8) is 0 Å². The summed E-state index contributed by atoms with van der Waals surface area (Å²) in [5.41, 5.74) is -0.579. The summed E-state index contributed by atoms with van der Waals surface area (Å²) in [4.78, 5) is 0. The average molecular weight is 156 g/mol. The monoisotopic (exact) mass is 156 g/mol. The standard InChI is InChI=1S/C10H20O/c1-5-6-7-8-9(2)10(3,4)11/h7-9,11H,5-6H2,1-4H3/b8-7+. The smallest absolute Gasteiger partial charge is 0.0651 e. The molecule has 1 atom stereocenters. The summed E-state index contributed by atoms with van der Waals surface area (Å²) in [5.74, 6) is 0.244. The third-order valence-electron chi connectivity index (χ3n) is 1.99. The number of hydrogen-bond donors (Lipinski definition) is 1. The van der Waals surface area contributed by atoms with Crippen LogP contribution in [0.15, 0.2) is 12.2 Å². The van der Waals surface area contributed by atoms with Crippen molar-refractivity contribution in [2.75, 3.05) is 0 Å². The van der Waals surface area contributed by atoms with Gasteiger partial charge in [0.05, 0.1) is 5.60 Å². The van der Waals surface area contributed by atoms with Crippen LogP contribution >= 0.6 is 0 Å². The predicted molar refractivity (Wildman–Crippen MR) is 49.5 cm³/mol. The summed E-state index contributed by atoms with van der Waals surface area (Å²) in [7, 11) is 0. The van der Waals surface area contributed by atoms with E-state index in [0.29, 0.717) is 0 Å². The maximum Gasteiger partial charge on any atom is 0.0651 e. The SMILES string of the molecule is CCC/C=C/C(C)C(C)(C)O. The average Bonchev–Trinajstić information content (AvgIpc) is 1.86. The molecule has 0 aliphatic rings. The van der Waals surface area contributed by atoms with Crippen LogP contribution in [0.2, 0.25) is 0 Å². The van der Waals surface area contributed by atoms with Gasteiger partial charge in [0.15, 0.2) is 0 Å². The molecule has 0 aliphatic carbocycles. The molecule has 0 aromatic rings. The minimum atomic E-state index is -0.579. The van der Waals surface area contributed by atoms with Crippen LogP contribution in [0.25, 0.3) is 0 Å². The minimum Gasteiger partial charge on any atom is -0.390 e. The molecule has 0 radical (unpaired) electrons. The first-order chi connectivity index (χ1) is 4.98. The van der Waals surface area contributed by atoms with Crippen molar-refractivity contribution < 1.29 is 5.11 Å². The first kappa shape index (κ1) is 10.7. The van der Waals surface area contributed by atoms with E-state index >= 15 is 0 Å². The van der Waals surface area contributed by atoms with Crippen LogP contribution in [0.3, 0.4) is 0 Å². The lowest BCUT2D eigenvalue weighted by Crippen LogP contribution is -2.26. The van der Waals surface area contributed by atoms with Crippen molar-refractivity contribution in [2.45, 2.75) is 46.1 Å². The number of unbranched alkanes of at least 4 members (excludes halogenated alkanes) is 1. The Morgan fingerprint density at radius 2 is 2.00 bits per heavy atom. The summed E-state index contributed by atoms with van der Waals surface area (Å²) in [5, 5.41) is 9.53. The number of hydrogen-bond acceptors (Lipinski definition) is 1. The lowest BCUT2D eigenvalue weighted by atomic mass is 9.92. The van der Waals surface area contributed by atoms with Crippen LogP contribution in [0, 0.1) is 5.92 Å². The van der Waals surface area contributed by atoms with Gasteiger partial charge in [0, 0.05) is 5.92 Å². The third kappa shape index (κ3) is 5.02. The van der Waals surface area contributed by atoms with Gasteiger partial charge in [-0.25, -0.2) is 0 Å². The van der Waals surface area contributed by atoms with Crippen LogP contribution in [-0.4, -0.2) is 10.7 Å².